The molecule has 0 atom stereocenters. The smallest absolute Gasteiger partial charge is 0.311 e. The molecule has 3 rings (SSSR count). The average Bonchev–Trinajstić information content (AvgIpc) is 3.39. The standard InChI is InChI=1S/C32H43NO2S/c1-3-5-7-9-11-13-15-26-17-19-28(20-18-26)32-33-25-30(36-32)27-21-23-29(24-22-27)35-31(34)16-14-12-10-8-6-4-2/h17-25H,3-16H2,1-2H3. The number of ether oxygens (including phenoxy) is 1. The second-order valence-corrected chi connectivity index (χ2v) is 10.8. The molecular formula is C32H43NO2S. The molecular weight excluding hydrogens is 462 g/mol. The third-order valence-electron chi connectivity index (χ3n) is 6.63. The van der Waals surface area contributed by atoms with Gasteiger partial charge in [0.25, 0.3) is 0 Å². The van der Waals surface area contributed by atoms with Crippen LogP contribution in [0, 0.1) is 0 Å². The number of thiazole rings is 1. The van der Waals surface area contributed by atoms with Gasteiger partial charge in [-0.25, -0.2) is 4.98 Å². The van der Waals surface area contributed by atoms with E-state index in [2.05, 4.69) is 43.1 Å². The minimum absolute atomic E-state index is 0.141. The fourth-order valence-corrected chi connectivity index (χ4v) is 5.31. The molecule has 0 aliphatic rings. The van der Waals surface area contributed by atoms with E-state index >= 15 is 0 Å². The van der Waals surface area contributed by atoms with Crippen LogP contribution in [0.15, 0.2) is 54.7 Å². The molecule has 4 heteroatoms. The Hall–Kier alpha value is -2.46. The van der Waals surface area contributed by atoms with Crippen LogP contribution in [0.2, 0.25) is 0 Å². The second kappa shape index (κ2) is 16.3. The molecule has 3 aromatic rings. The number of carbonyl (C=O) groups is 1. The number of hydrogen-bond donors (Lipinski definition) is 0. The summed E-state index contributed by atoms with van der Waals surface area (Å²) in [6.07, 6.45) is 18.6. The largest absolute Gasteiger partial charge is 0.427 e. The molecule has 0 aliphatic heterocycles. The van der Waals surface area contributed by atoms with E-state index in [0.29, 0.717) is 12.2 Å². The lowest BCUT2D eigenvalue weighted by Crippen LogP contribution is -2.07. The van der Waals surface area contributed by atoms with Gasteiger partial charge in [-0.15, -0.1) is 11.3 Å². The maximum atomic E-state index is 12.1. The van der Waals surface area contributed by atoms with Crippen molar-refractivity contribution in [1.29, 1.82) is 0 Å². The van der Waals surface area contributed by atoms with E-state index in [0.717, 1.165) is 40.3 Å². The van der Waals surface area contributed by atoms with Crippen molar-refractivity contribution in [2.45, 2.75) is 104 Å². The lowest BCUT2D eigenvalue weighted by molar-refractivity contribution is -0.134. The van der Waals surface area contributed by atoms with Crippen molar-refractivity contribution in [3.63, 3.8) is 0 Å². The zero-order valence-corrected chi connectivity index (χ0v) is 23.1. The van der Waals surface area contributed by atoms with Crippen LogP contribution in [0.4, 0.5) is 0 Å². The molecule has 0 spiro atoms. The van der Waals surface area contributed by atoms with Gasteiger partial charge in [-0.2, -0.15) is 0 Å². The molecule has 0 aliphatic carbocycles. The number of carbonyl (C=O) groups excluding carboxylic acids is 1. The van der Waals surface area contributed by atoms with E-state index in [4.69, 9.17) is 4.74 Å². The highest BCUT2D eigenvalue weighted by Gasteiger charge is 2.09. The first-order valence-corrected chi connectivity index (χ1v) is 14.9. The van der Waals surface area contributed by atoms with Crippen LogP contribution in [0.3, 0.4) is 0 Å². The summed E-state index contributed by atoms with van der Waals surface area (Å²) in [5.41, 5.74) is 3.67. The number of benzene rings is 2. The maximum Gasteiger partial charge on any atom is 0.311 e. The van der Waals surface area contributed by atoms with Gasteiger partial charge in [-0.1, -0.05) is 102 Å². The van der Waals surface area contributed by atoms with Gasteiger partial charge in [-0.3, -0.25) is 4.79 Å². The number of nitrogens with zero attached hydrogens (tertiary/aromatic N) is 1. The zero-order chi connectivity index (χ0) is 25.4. The predicted octanol–water partition coefficient (Wildman–Crippen LogP) is 10.0. The first kappa shape index (κ1) is 28.1. The molecule has 0 amide bonds. The van der Waals surface area contributed by atoms with Gasteiger partial charge >= 0.3 is 5.97 Å². The van der Waals surface area contributed by atoms with Crippen molar-refractivity contribution >= 4 is 17.3 Å². The fraction of sp³-hybridized carbons (Fsp3) is 0.500. The van der Waals surface area contributed by atoms with Gasteiger partial charge in [0.05, 0.1) is 4.88 Å². The van der Waals surface area contributed by atoms with Crippen molar-refractivity contribution in [2.75, 3.05) is 0 Å². The first-order chi connectivity index (χ1) is 17.7. The van der Waals surface area contributed by atoms with Gasteiger partial charge in [0.15, 0.2) is 0 Å². The first-order valence-electron chi connectivity index (χ1n) is 14.1. The average molecular weight is 506 g/mol. The molecule has 0 bridgehead atoms. The Morgan fingerprint density at radius 2 is 1.31 bits per heavy atom. The Morgan fingerprint density at radius 3 is 1.97 bits per heavy atom. The highest BCUT2D eigenvalue weighted by Crippen LogP contribution is 2.33. The van der Waals surface area contributed by atoms with Crippen LogP contribution in [0.1, 0.15) is 103 Å². The van der Waals surface area contributed by atoms with E-state index in [1.54, 1.807) is 11.3 Å². The summed E-state index contributed by atoms with van der Waals surface area (Å²) < 4.78 is 5.52. The number of unbranched alkanes of at least 4 members (excludes halogenated alkanes) is 10. The Kier molecular flexibility index (Phi) is 12.7. The molecule has 1 aromatic heterocycles. The molecule has 36 heavy (non-hydrogen) atoms. The molecule has 0 radical (unpaired) electrons. The highest BCUT2D eigenvalue weighted by atomic mass is 32.1. The quantitative estimate of drug-likeness (QED) is 0.104. The molecule has 0 fully saturated rings. The molecule has 0 unspecified atom stereocenters. The van der Waals surface area contributed by atoms with Gasteiger partial charge < -0.3 is 4.74 Å². The lowest BCUT2D eigenvalue weighted by Gasteiger charge is -2.05. The molecule has 1 heterocycles. The summed E-state index contributed by atoms with van der Waals surface area (Å²) in [7, 11) is 0. The van der Waals surface area contributed by atoms with Gasteiger partial charge in [0, 0.05) is 18.2 Å². The Labute approximate surface area is 222 Å². The van der Waals surface area contributed by atoms with E-state index in [9.17, 15) is 4.79 Å². The third kappa shape index (κ3) is 9.89. The van der Waals surface area contributed by atoms with Gasteiger partial charge in [-0.05, 0) is 54.7 Å². The van der Waals surface area contributed by atoms with Crippen LogP contribution in [-0.2, 0) is 11.2 Å². The monoisotopic (exact) mass is 505 g/mol. The SMILES string of the molecule is CCCCCCCCC(=O)Oc1ccc(-c2cnc(-c3ccc(CCCCCCCC)cc3)s2)cc1. The van der Waals surface area contributed by atoms with Gasteiger partial charge in [0.1, 0.15) is 10.8 Å². The van der Waals surface area contributed by atoms with Crippen LogP contribution in [0.5, 0.6) is 5.75 Å². The van der Waals surface area contributed by atoms with Crippen molar-refractivity contribution in [2.24, 2.45) is 0 Å². The zero-order valence-electron chi connectivity index (χ0n) is 22.3. The maximum absolute atomic E-state index is 12.1. The lowest BCUT2D eigenvalue weighted by atomic mass is 10.0. The highest BCUT2D eigenvalue weighted by molar-refractivity contribution is 7.18. The van der Waals surface area contributed by atoms with Crippen LogP contribution in [-0.4, -0.2) is 11.0 Å². The minimum atomic E-state index is -0.141. The molecule has 3 nitrogen and oxygen atoms in total. The Morgan fingerprint density at radius 1 is 0.722 bits per heavy atom. The molecule has 2 aromatic carbocycles. The predicted molar refractivity (Wildman–Crippen MR) is 154 cm³/mol. The van der Waals surface area contributed by atoms with E-state index in [1.807, 2.05) is 30.5 Å². The van der Waals surface area contributed by atoms with Crippen molar-refractivity contribution < 1.29 is 9.53 Å². The minimum Gasteiger partial charge on any atom is -0.427 e. The van der Waals surface area contributed by atoms with Crippen molar-refractivity contribution in [3.05, 3.63) is 60.3 Å². The van der Waals surface area contributed by atoms with E-state index < -0.39 is 0 Å². The van der Waals surface area contributed by atoms with Crippen molar-refractivity contribution in [1.82, 2.24) is 4.98 Å². The normalized spacial score (nSPS) is 11.1. The summed E-state index contributed by atoms with van der Waals surface area (Å²) >= 11 is 1.69. The number of esters is 1. The van der Waals surface area contributed by atoms with Crippen molar-refractivity contribution in [3.8, 4) is 26.8 Å². The second-order valence-electron chi connectivity index (χ2n) is 9.76. The number of aromatic nitrogens is 1. The molecule has 0 N–H and O–H groups in total. The Balaban J connectivity index is 1.44. The summed E-state index contributed by atoms with van der Waals surface area (Å²) in [5.74, 6) is 0.471. The van der Waals surface area contributed by atoms with Crippen LogP contribution >= 0.6 is 11.3 Å². The molecule has 0 saturated heterocycles. The molecule has 0 saturated carbocycles. The fourth-order valence-electron chi connectivity index (χ4n) is 4.38. The van der Waals surface area contributed by atoms with Crippen LogP contribution < -0.4 is 4.74 Å². The third-order valence-corrected chi connectivity index (χ3v) is 7.73. The topological polar surface area (TPSA) is 39.2 Å². The number of aryl methyl sites for hydroxylation is 1. The molecule has 194 valence electrons. The summed E-state index contributed by atoms with van der Waals surface area (Å²) in [5, 5.41) is 1.03. The summed E-state index contributed by atoms with van der Waals surface area (Å²) in [6.45, 7) is 4.48. The summed E-state index contributed by atoms with van der Waals surface area (Å²) in [6, 6.07) is 16.7. The van der Waals surface area contributed by atoms with E-state index in [-0.39, 0.29) is 5.97 Å². The number of hydrogen-bond acceptors (Lipinski definition) is 4. The van der Waals surface area contributed by atoms with Gasteiger partial charge in [0.2, 0.25) is 0 Å². The van der Waals surface area contributed by atoms with E-state index in [1.165, 1.54) is 69.8 Å². The summed E-state index contributed by atoms with van der Waals surface area (Å²) in [4.78, 5) is 17.9. The number of rotatable bonds is 17. The van der Waals surface area contributed by atoms with Crippen LogP contribution in [0.25, 0.3) is 21.0 Å². The Bertz CT molecular complexity index is 1010.